The number of amides is 2. The number of halogens is 2. The molecule has 4 rings (SSSR count). The minimum absolute atomic E-state index is 0.130. The molecule has 2 aliphatic carbocycles. The van der Waals surface area contributed by atoms with Crippen LogP contribution in [0.5, 0.6) is 0 Å². The predicted molar refractivity (Wildman–Crippen MR) is 103 cm³/mol. The largest absolute Gasteiger partial charge is 0.395 e. The molecule has 2 bridgehead atoms. The van der Waals surface area contributed by atoms with Gasteiger partial charge in [0.15, 0.2) is 0 Å². The van der Waals surface area contributed by atoms with Crippen LogP contribution in [0.4, 0.5) is 13.6 Å². The smallest absolute Gasteiger partial charge is 0.314 e. The molecule has 0 aliphatic heterocycles. The number of hydrogen-bond acceptors (Lipinski definition) is 4. The second-order valence-electron chi connectivity index (χ2n) is 8.51. The number of benzene rings is 1. The van der Waals surface area contributed by atoms with Crippen molar-refractivity contribution in [1.82, 2.24) is 15.1 Å². The first-order chi connectivity index (χ1) is 13.7. The number of aromatic nitrogens is 2. The van der Waals surface area contributed by atoms with Gasteiger partial charge in [0.1, 0.15) is 11.6 Å². The summed E-state index contributed by atoms with van der Waals surface area (Å²) in [4.78, 5) is 13.3. The Hall–Kier alpha value is -2.61. The minimum atomic E-state index is -0.681. The summed E-state index contributed by atoms with van der Waals surface area (Å²) < 4.78 is 28.5. The van der Waals surface area contributed by atoms with Crippen LogP contribution in [0.1, 0.15) is 43.9 Å². The molecule has 1 heterocycles. The number of primary amides is 1. The summed E-state index contributed by atoms with van der Waals surface area (Å²) in [5, 5.41) is 17.9. The van der Waals surface area contributed by atoms with Crippen molar-refractivity contribution >= 4 is 6.03 Å². The first kappa shape index (κ1) is 19.7. The van der Waals surface area contributed by atoms with Crippen LogP contribution in [0.3, 0.4) is 0 Å². The number of nitrogens with two attached hydrogens (primary N) is 1. The van der Waals surface area contributed by atoms with Gasteiger partial charge in [0.05, 0.1) is 23.6 Å². The maximum Gasteiger partial charge on any atom is 0.314 e. The van der Waals surface area contributed by atoms with Crippen LogP contribution < -0.4 is 5.73 Å². The molecule has 2 amide bonds. The summed E-state index contributed by atoms with van der Waals surface area (Å²) in [6.45, 7) is 4.51. The van der Waals surface area contributed by atoms with Crippen molar-refractivity contribution in [3.63, 3.8) is 0 Å². The third-order valence-corrected chi connectivity index (χ3v) is 6.98. The van der Waals surface area contributed by atoms with Crippen LogP contribution >= 0.6 is 0 Å². The summed E-state index contributed by atoms with van der Waals surface area (Å²) in [6, 6.07) is 4.85. The normalized spacial score (nSPS) is 23.8. The van der Waals surface area contributed by atoms with Crippen LogP contribution in [0.25, 0.3) is 11.3 Å². The Bertz CT molecular complexity index is 961. The van der Waals surface area contributed by atoms with E-state index in [2.05, 4.69) is 24.0 Å². The summed E-state index contributed by atoms with van der Waals surface area (Å²) in [5.74, 6) is -1.23. The Morgan fingerprint density at radius 3 is 2.62 bits per heavy atom. The number of carbonyl (C=O) groups excluding carboxylic acids is 1. The fourth-order valence-corrected chi connectivity index (χ4v) is 5.35. The van der Waals surface area contributed by atoms with Crippen molar-refractivity contribution in [2.45, 2.75) is 38.0 Å². The van der Waals surface area contributed by atoms with Gasteiger partial charge in [-0.1, -0.05) is 19.9 Å². The molecule has 6 nitrogen and oxygen atoms in total. The molecule has 2 aliphatic rings. The van der Waals surface area contributed by atoms with Crippen molar-refractivity contribution in [2.24, 2.45) is 11.1 Å². The Morgan fingerprint density at radius 1 is 1.31 bits per heavy atom. The molecule has 0 spiro atoms. The standard InChI is InChI=1S/C21H24F2N4O2/c1-20(2)13-6-7-21(20,11-27(8-9-28)19(24)29)18-12(13)10-16(25-26-18)17-14(22)4-3-5-15(17)23/h3-5,10,13,28H,6-9,11H2,1-2H3,(H2,24,29)/t13-,21-/m0/s1. The molecule has 0 radical (unpaired) electrons. The van der Waals surface area contributed by atoms with Gasteiger partial charge >= 0.3 is 6.03 Å². The van der Waals surface area contributed by atoms with Crippen LogP contribution in [0.2, 0.25) is 0 Å². The molecule has 0 unspecified atom stereocenters. The molecule has 1 saturated carbocycles. The van der Waals surface area contributed by atoms with Gasteiger partial charge in [0.25, 0.3) is 0 Å². The second kappa shape index (κ2) is 6.73. The molecule has 2 aromatic rings. The van der Waals surface area contributed by atoms with E-state index in [0.717, 1.165) is 24.1 Å². The number of carbonyl (C=O) groups is 1. The average molecular weight is 402 g/mol. The first-order valence-electron chi connectivity index (χ1n) is 9.70. The van der Waals surface area contributed by atoms with Crippen molar-refractivity contribution in [3.05, 3.63) is 47.2 Å². The van der Waals surface area contributed by atoms with Gasteiger partial charge in [0, 0.05) is 18.5 Å². The van der Waals surface area contributed by atoms with Gasteiger partial charge in [-0.05, 0) is 47.9 Å². The Labute approximate surface area is 167 Å². The van der Waals surface area contributed by atoms with E-state index in [-0.39, 0.29) is 35.7 Å². The third-order valence-electron chi connectivity index (χ3n) is 6.98. The quantitative estimate of drug-likeness (QED) is 0.804. The minimum Gasteiger partial charge on any atom is -0.395 e. The zero-order chi connectivity index (χ0) is 21.0. The summed E-state index contributed by atoms with van der Waals surface area (Å²) in [5.41, 5.74) is 6.46. The lowest BCUT2D eigenvalue weighted by Gasteiger charge is -2.41. The molecule has 1 aromatic heterocycles. The van der Waals surface area contributed by atoms with E-state index in [4.69, 9.17) is 5.73 Å². The third kappa shape index (κ3) is 2.73. The van der Waals surface area contributed by atoms with Crippen LogP contribution in [-0.2, 0) is 5.41 Å². The predicted octanol–water partition coefficient (Wildman–Crippen LogP) is 2.95. The highest BCUT2D eigenvalue weighted by atomic mass is 19.1. The summed E-state index contributed by atoms with van der Waals surface area (Å²) in [7, 11) is 0. The summed E-state index contributed by atoms with van der Waals surface area (Å²) >= 11 is 0. The monoisotopic (exact) mass is 402 g/mol. The second-order valence-corrected chi connectivity index (χ2v) is 8.51. The van der Waals surface area contributed by atoms with E-state index in [1.165, 1.54) is 23.1 Å². The van der Waals surface area contributed by atoms with E-state index in [0.29, 0.717) is 6.54 Å². The van der Waals surface area contributed by atoms with Gasteiger partial charge in [-0.2, -0.15) is 10.2 Å². The maximum atomic E-state index is 14.3. The van der Waals surface area contributed by atoms with Gasteiger partial charge in [-0.25, -0.2) is 13.6 Å². The molecule has 8 heteroatoms. The van der Waals surface area contributed by atoms with Crippen LogP contribution in [-0.4, -0.2) is 45.9 Å². The highest BCUT2D eigenvalue weighted by Gasteiger charge is 2.64. The van der Waals surface area contributed by atoms with Crippen LogP contribution in [0, 0.1) is 17.0 Å². The Morgan fingerprint density at radius 2 is 2.00 bits per heavy atom. The number of urea groups is 1. The number of hydrogen-bond donors (Lipinski definition) is 2. The highest BCUT2D eigenvalue weighted by molar-refractivity contribution is 5.72. The van der Waals surface area contributed by atoms with E-state index in [9.17, 15) is 18.7 Å². The molecular formula is C21H24F2N4O2. The van der Waals surface area contributed by atoms with Crippen molar-refractivity contribution in [1.29, 1.82) is 0 Å². The number of nitrogens with zero attached hydrogens (tertiary/aromatic N) is 3. The zero-order valence-electron chi connectivity index (χ0n) is 16.5. The van der Waals surface area contributed by atoms with E-state index in [1.54, 1.807) is 6.07 Å². The fraction of sp³-hybridized carbons (Fsp3) is 0.476. The molecule has 1 aromatic carbocycles. The molecular weight excluding hydrogens is 378 g/mol. The van der Waals surface area contributed by atoms with Gasteiger partial charge in [-0.3, -0.25) is 0 Å². The topological polar surface area (TPSA) is 92.3 Å². The fourth-order valence-electron chi connectivity index (χ4n) is 5.35. The van der Waals surface area contributed by atoms with E-state index in [1.807, 2.05) is 0 Å². The molecule has 0 saturated heterocycles. The lowest BCUT2D eigenvalue weighted by molar-refractivity contribution is 0.124. The molecule has 154 valence electrons. The van der Waals surface area contributed by atoms with Crippen molar-refractivity contribution in [2.75, 3.05) is 19.7 Å². The zero-order valence-corrected chi connectivity index (χ0v) is 16.5. The molecule has 2 atom stereocenters. The number of rotatable bonds is 5. The SMILES string of the molecule is CC1(C)[C@H]2CC[C@]1(CN(CCO)C(N)=O)c1nnc(-c3c(F)cccc3F)cc12. The van der Waals surface area contributed by atoms with E-state index >= 15 is 0 Å². The van der Waals surface area contributed by atoms with Crippen LogP contribution in [0.15, 0.2) is 24.3 Å². The van der Waals surface area contributed by atoms with Gasteiger partial charge in [0.2, 0.25) is 0 Å². The Balaban J connectivity index is 1.82. The Kier molecular flexibility index (Phi) is 4.57. The number of aliphatic hydroxyl groups excluding tert-OH is 1. The molecule has 29 heavy (non-hydrogen) atoms. The molecule has 1 fully saturated rings. The van der Waals surface area contributed by atoms with E-state index < -0.39 is 23.1 Å². The van der Waals surface area contributed by atoms with Crippen molar-refractivity contribution in [3.8, 4) is 11.3 Å². The highest BCUT2D eigenvalue weighted by Crippen LogP contribution is 2.67. The summed E-state index contributed by atoms with van der Waals surface area (Å²) in [6.07, 6.45) is 1.67. The van der Waals surface area contributed by atoms with Crippen molar-refractivity contribution < 1.29 is 18.7 Å². The lowest BCUT2D eigenvalue weighted by Crippen LogP contribution is -2.50. The maximum absolute atomic E-state index is 14.3. The average Bonchev–Trinajstić information content (AvgIpc) is 3.01. The van der Waals surface area contributed by atoms with Gasteiger partial charge < -0.3 is 15.7 Å². The number of fused-ring (bicyclic) bond motifs is 5. The number of aliphatic hydroxyl groups is 1. The lowest BCUT2D eigenvalue weighted by atomic mass is 9.68. The van der Waals surface area contributed by atoms with Gasteiger partial charge in [-0.15, -0.1) is 0 Å². The molecule has 3 N–H and O–H groups in total. The first-order valence-corrected chi connectivity index (χ1v) is 9.70.